The van der Waals surface area contributed by atoms with E-state index < -0.39 is 5.60 Å². The van der Waals surface area contributed by atoms with Crippen LogP contribution < -0.4 is 0 Å². The summed E-state index contributed by atoms with van der Waals surface area (Å²) >= 11 is 25.6. The van der Waals surface area contributed by atoms with Gasteiger partial charge < -0.3 is 5.11 Å². The van der Waals surface area contributed by atoms with Crippen molar-refractivity contribution in [2.45, 2.75) is 30.8 Å². The molecule has 1 N–H and O–H groups in total. The van der Waals surface area contributed by atoms with Crippen LogP contribution in [0.25, 0.3) is 0 Å². The molecule has 3 aliphatic carbocycles. The van der Waals surface area contributed by atoms with E-state index in [1.807, 2.05) is 30.3 Å². The Morgan fingerprint density at radius 2 is 1.50 bits per heavy atom. The Bertz CT molecular complexity index is 875. The van der Waals surface area contributed by atoms with Crippen molar-refractivity contribution in [2.75, 3.05) is 0 Å². The Balaban J connectivity index is 2.02. The second-order valence-electron chi connectivity index (χ2n) is 6.52. The van der Waals surface area contributed by atoms with E-state index in [0.717, 1.165) is 16.7 Å². The highest BCUT2D eigenvalue weighted by Gasteiger charge is 2.51. The van der Waals surface area contributed by atoms with Crippen molar-refractivity contribution in [1.29, 1.82) is 0 Å². The van der Waals surface area contributed by atoms with Gasteiger partial charge in [0.05, 0.1) is 20.1 Å². The van der Waals surface area contributed by atoms with Gasteiger partial charge in [-0.2, -0.15) is 0 Å². The van der Waals surface area contributed by atoms with Crippen LogP contribution >= 0.6 is 46.4 Å². The lowest BCUT2D eigenvalue weighted by Gasteiger charge is -2.49. The summed E-state index contributed by atoms with van der Waals surface area (Å²) in [7, 11) is 0. The van der Waals surface area contributed by atoms with Crippen LogP contribution in [0.2, 0.25) is 20.1 Å². The van der Waals surface area contributed by atoms with E-state index in [1.165, 1.54) is 5.57 Å². The molecule has 0 aromatic heterocycles. The third kappa shape index (κ3) is 2.12. The number of halogens is 4. The van der Waals surface area contributed by atoms with Crippen molar-refractivity contribution in [3.05, 3.63) is 78.8 Å². The molecule has 24 heavy (non-hydrogen) atoms. The standard InChI is InChI=1S/C19H14Cl4O/c1-9-7-12-14-13(15(20)17(22)18(23)16(14)21)11(9)8-19(12,24)10-5-3-2-4-6-10/h2-7,11-12,24H,8H2,1H3/t11-,12+,19-/m1/s1. The van der Waals surface area contributed by atoms with Crippen molar-refractivity contribution in [3.8, 4) is 0 Å². The number of aliphatic hydroxyl groups is 1. The van der Waals surface area contributed by atoms with Crippen LogP contribution in [-0.4, -0.2) is 5.11 Å². The second kappa shape index (κ2) is 5.65. The van der Waals surface area contributed by atoms with Crippen molar-refractivity contribution in [3.63, 3.8) is 0 Å². The first-order valence-electron chi connectivity index (χ1n) is 7.68. The van der Waals surface area contributed by atoms with Crippen molar-refractivity contribution in [2.24, 2.45) is 0 Å². The molecule has 0 amide bonds. The molecule has 0 fully saturated rings. The Kier molecular flexibility index (Phi) is 3.95. The molecule has 2 aromatic rings. The number of fused-ring (bicyclic) bond motifs is 1. The average molecular weight is 400 g/mol. The summed E-state index contributed by atoms with van der Waals surface area (Å²) in [4.78, 5) is 0. The molecule has 0 radical (unpaired) electrons. The minimum absolute atomic E-state index is 0.0324. The summed E-state index contributed by atoms with van der Waals surface area (Å²) in [5.41, 5.74) is 2.70. The maximum absolute atomic E-state index is 11.6. The molecule has 0 aliphatic heterocycles. The molecule has 3 atom stereocenters. The molecule has 2 bridgehead atoms. The van der Waals surface area contributed by atoms with Gasteiger partial charge in [0.2, 0.25) is 0 Å². The molecule has 5 rings (SSSR count). The quantitative estimate of drug-likeness (QED) is 0.320. The van der Waals surface area contributed by atoms with Crippen molar-refractivity contribution < 1.29 is 5.11 Å². The molecule has 3 aliphatic rings. The van der Waals surface area contributed by atoms with Crippen LogP contribution in [0, 0.1) is 0 Å². The zero-order valence-corrected chi connectivity index (χ0v) is 15.8. The maximum atomic E-state index is 11.6. The summed E-state index contributed by atoms with van der Waals surface area (Å²) in [5, 5.41) is 12.9. The molecule has 124 valence electrons. The van der Waals surface area contributed by atoms with E-state index in [0.29, 0.717) is 16.5 Å². The molecular formula is C19H14Cl4O. The Morgan fingerprint density at radius 1 is 0.917 bits per heavy atom. The molecule has 5 heteroatoms. The van der Waals surface area contributed by atoms with Crippen LogP contribution in [0.4, 0.5) is 0 Å². The zero-order chi connectivity index (χ0) is 17.2. The van der Waals surface area contributed by atoms with Gasteiger partial charge in [-0.05, 0) is 30.0 Å². The highest BCUT2D eigenvalue weighted by molar-refractivity contribution is 6.52. The first kappa shape index (κ1) is 16.8. The van der Waals surface area contributed by atoms with Gasteiger partial charge in [-0.3, -0.25) is 0 Å². The third-order valence-corrected chi connectivity index (χ3v) is 7.11. The Morgan fingerprint density at radius 3 is 2.12 bits per heavy atom. The number of allylic oxidation sites excluding steroid dienone is 1. The van der Waals surface area contributed by atoms with Crippen LogP contribution in [0.1, 0.15) is 41.9 Å². The monoisotopic (exact) mass is 398 g/mol. The number of hydrogen-bond acceptors (Lipinski definition) is 1. The van der Waals surface area contributed by atoms with E-state index in [4.69, 9.17) is 46.4 Å². The Labute approximate surface area is 160 Å². The molecule has 2 aromatic carbocycles. The third-order valence-electron chi connectivity index (χ3n) is 5.28. The molecule has 0 heterocycles. The van der Waals surface area contributed by atoms with E-state index >= 15 is 0 Å². The van der Waals surface area contributed by atoms with Crippen LogP contribution in [0.5, 0.6) is 0 Å². The van der Waals surface area contributed by atoms with Gasteiger partial charge in [0.1, 0.15) is 5.60 Å². The zero-order valence-electron chi connectivity index (χ0n) is 12.8. The Hall–Kier alpha value is -0.700. The first-order valence-corrected chi connectivity index (χ1v) is 9.19. The highest BCUT2D eigenvalue weighted by atomic mass is 35.5. The van der Waals surface area contributed by atoms with E-state index in [9.17, 15) is 5.11 Å². The van der Waals surface area contributed by atoms with Crippen molar-refractivity contribution in [1.82, 2.24) is 0 Å². The van der Waals surface area contributed by atoms with E-state index in [1.54, 1.807) is 0 Å². The van der Waals surface area contributed by atoms with Crippen molar-refractivity contribution >= 4 is 46.4 Å². The molecule has 0 spiro atoms. The van der Waals surface area contributed by atoms with E-state index in [-0.39, 0.29) is 21.9 Å². The predicted octanol–water partition coefficient (Wildman–Crippen LogP) is 6.72. The SMILES string of the molecule is CC1=C[C@H]2c3c(Cl)c(Cl)c(Cl)c(Cl)c3[C@@H]1C[C@@]2(O)c1ccccc1. The van der Waals surface area contributed by atoms with Crippen LogP contribution in [0.15, 0.2) is 42.0 Å². The largest absolute Gasteiger partial charge is 0.384 e. The summed E-state index contributed by atoms with van der Waals surface area (Å²) < 4.78 is 0. The van der Waals surface area contributed by atoms with Gasteiger partial charge in [-0.15, -0.1) is 0 Å². The fraction of sp³-hybridized carbons (Fsp3) is 0.263. The fourth-order valence-corrected chi connectivity index (χ4v) is 5.23. The van der Waals surface area contributed by atoms with Crippen LogP contribution in [-0.2, 0) is 5.60 Å². The lowest BCUT2D eigenvalue weighted by molar-refractivity contribution is -0.00510. The molecule has 0 saturated heterocycles. The average Bonchev–Trinajstić information content (AvgIpc) is 2.59. The molecule has 0 unspecified atom stereocenters. The minimum Gasteiger partial charge on any atom is -0.384 e. The van der Waals surface area contributed by atoms with Gasteiger partial charge in [0, 0.05) is 11.8 Å². The van der Waals surface area contributed by atoms with E-state index in [2.05, 4.69) is 13.0 Å². The van der Waals surface area contributed by atoms with Gasteiger partial charge in [0.15, 0.2) is 0 Å². The lowest BCUT2D eigenvalue weighted by atomic mass is 9.58. The molecule has 1 nitrogen and oxygen atoms in total. The lowest BCUT2D eigenvalue weighted by Crippen LogP contribution is -2.42. The smallest absolute Gasteiger partial charge is 0.101 e. The number of rotatable bonds is 1. The maximum Gasteiger partial charge on any atom is 0.101 e. The summed E-state index contributed by atoms with van der Waals surface area (Å²) in [6.07, 6.45) is 2.63. The highest BCUT2D eigenvalue weighted by Crippen LogP contribution is 2.62. The van der Waals surface area contributed by atoms with Gasteiger partial charge in [-0.1, -0.05) is 88.4 Å². The second-order valence-corrected chi connectivity index (χ2v) is 8.03. The fourth-order valence-electron chi connectivity index (χ4n) is 4.10. The summed E-state index contributed by atoms with van der Waals surface area (Å²) in [6, 6.07) is 9.67. The number of benzene rings is 2. The molecule has 0 saturated carbocycles. The van der Waals surface area contributed by atoms with Gasteiger partial charge >= 0.3 is 0 Å². The van der Waals surface area contributed by atoms with Gasteiger partial charge in [-0.25, -0.2) is 0 Å². The topological polar surface area (TPSA) is 20.2 Å². The molecular weight excluding hydrogens is 386 g/mol. The first-order chi connectivity index (χ1) is 11.4. The predicted molar refractivity (Wildman–Crippen MR) is 101 cm³/mol. The normalized spacial score (nSPS) is 27.8. The minimum atomic E-state index is -1.04. The van der Waals surface area contributed by atoms with Gasteiger partial charge in [0.25, 0.3) is 0 Å². The summed E-state index contributed by atoms with van der Waals surface area (Å²) in [6.45, 7) is 2.05. The number of hydrogen-bond donors (Lipinski definition) is 1. The van der Waals surface area contributed by atoms with Crippen LogP contribution in [0.3, 0.4) is 0 Å². The summed E-state index contributed by atoms with van der Waals surface area (Å²) in [5.74, 6) is -0.338.